The van der Waals surface area contributed by atoms with Crippen molar-refractivity contribution >= 4 is 0 Å². The van der Waals surface area contributed by atoms with Crippen molar-refractivity contribution in [1.29, 1.82) is 0 Å². The molecule has 2 aliphatic heterocycles. The molecule has 3 heteroatoms. The van der Waals surface area contributed by atoms with Crippen LogP contribution in [-0.2, 0) is 4.74 Å². The Labute approximate surface area is 223 Å². The number of ether oxygens (including phenoxy) is 1. The Morgan fingerprint density at radius 1 is 0.800 bits per heavy atom. The van der Waals surface area contributed by atoms with Gasteiger partial charge in [0.15, 0.2) is 0 Å². The first-order valence-corrected chi connectivity index (χ1v) is 16.0. The normalized spacial score (nSPS) is 29.4. The maximum absolute atomic E-state index is 6.25. The van der Waals surface area contributed by atoms with Crippen molar-refractivity contribution in [2.24, 2.45) is 23.7 Å². The fourth-order valence-electron chi connectivity index (χ4n) is 6.07. The predicted molar refractivity (Wildman–Crippen MR) is 158 cm³/mol. The van der Waals surface area contributed by atoms with Gasteiger partial charge in [-0.25, -0.2) is 0 Å². The molecule has 3 rings (SSSR count). The van der Waals surface area contributed by atoms with Gasteiger partial charge in [0.25, 0.3) is 0 Å². The van der Waals surface area contributed by atoms with E-state index in [1.165, 1.54) is 103 Å². The minimum absolute atomic E-state index is 0.214. The van der Waals surface area contributed by atoms with Gasteiger partial charge in [0.2, 0.25) is 0 Å². The third-order valence-electron chi connectivity index (χ3n) is 8.76. The standard InChI is InChI=1S/C17H34N2O.C11H22.2C2H6/c1-4-7-8-17(5-2)13-16(15-20-17)14-19-11-9-18(6-3)10-12-19;1-4-10-5-7-11(8-6-10)9(2)3;2*1-2/h16H,4-15H2,1-3H3;9-11H,4-8H2,1-3H3;2*1-2H3. The molecule has 0 aromatic carbocycles. The van der Waals surface area contributed by atoms with Crippen LogP contribution in [0, 0.1) is 23.7 Å². The molecule has 1 aliphatic carbocycles. The Hall–Kier alpha value is -0.120. The van der Waals surface area contributed by atoms with Gasteiger partial charge >= 0.3 is 0 Å². The van der Waals surface area contributed by atoms with Crippen molar-refractivity contribution < 1.29 is 4.74 Å². The zero-order valence-electron chi connectivity index (χ0n) is 26.1. The molecule has 0 N–H and O–H groups in total. The summed E-state index contributed by atoms with van der Waals surface area (Å²) in [6.07, 6.45) is 13.7. The third kappa shape index (κ3) is 13.3. The van der Waals surface area contributed by atoms with Gasteiger partial charge in [0.05, 0.1) is 12.2 Å². The summed E-state index contributed by atoms with van der Waals surface area (Å²) in [5, 5.41) is 0. The van der Waals surface area contributed by atoms with E-state index in [1.54, 1.807) is 0 Å². The molecule has 0 bridgehead atoms. The lowest BCUT2D eigenvalue weighted by atomic mass is 9.76. The first-order chi connectivity index (χ1) is 16.9. The average molecular weight is 497 g/mol. The lowest BCUT2D eigenvalue weighted by Crippen LogP contribution is -2.47. The molecule has 0 aromatic rings. The second-order valence-electron chi connectivity index (χ2n) is 11.2. The molecule has 2 saturated heterocycles. The Bertz CT molecular complexity index is 452. The van der Waals surface area contributed by atoms with Crippen LogP contribution in [0.5, 0.6) is 0 Å². The van der Waals surface area contributed by atoms with Crippen molar-refractivity contribution in [1.82, 2.24) is 9.80 Å². The molecule has 0 aromatic heterocycles. The third-order valence-corrected chi connectivity index (χ3v) is 8.76. The summed E-state index contributed by atoms with van der Waals surface area (Å²) < 4.78 is 6.25. The molecule has 3 nitrogen and oxygen atoms in total. The summed E-state index contributed by atoms with van der Waals surface area (Å²) in [5.41, 5.74) is 0.214. The minimum atomic E-state index is 0.214. The second-order valence-corrected chi connectivity index (χ2v) is 11.2. The van der Waals surface area contributed by atoms with Crippen LogP contribution in [-0.4, -0.2) is 61.3 Å². The zero-order valence-corrected chi connectivity index (χ0v) is 26.1. The highest BCUT2D eigenvalue weighted by Crippen LogP contribution is 2.37. The molecular weight excluding hydrogens is 428 g/mol. The zero-order chi connectivity index (χ0) is 26.7. The molecule has 2 heterocycles. The Morgan fingerprint density at radius 2 is 1.37 bits per heavy atom. The van der Waals surface area contributed by atoms with Gasteiger partial charge in [-0.1, -0.05) is 101 Å². The maximum Gasteiger partial charge on any atom is 0.0684 e. The SMILES string of the molecule is CC.CC.CCC1CCC(C(C)C)CC1.CCCCC1(CC)CC(CN2CCN(CC)CC2)CO1. The van der Waals surface area contributed by atoms with Crippen LogP contribution < -0.4 is 0 Å². The van der Waals surface area contributed by atoms with Crippen LogP contribution in [0.2, 0.25) is 0 Å². The summed E-state index contributed by atoms with van der Waals surface area (Å²) in [6.45, 7) is 30.4. The van der Waals surface area contributed by atoms with E-state index in [4.69, 9.17) is 4.74 Å². The average Bonchev–Trinajstić information content (AvgIpc) is 3.33. The van der Waals surface area contributed by atoms with Crippen molar-refractivity contribution in [3.63, 3.8) is 0 Å². The summed E-state index contributed by atoms with van der Waals surface area (Å²) in [7, 11) is 0. The molecule has 1 saturated carbocycles. The topological polar surface area (TPSA) is 15.7 Å². The number of hydrogen-bond acceptors (Lipinski definition) is 3. The highest BCUT2D eigenvalue weighted by atomic mass is 16.5. The smallest absolute Gasteiger partial charge is 0.0684 e. The van der Waals surface area contributed by atoms with Gasteiger partial charge in [0.1, 0.15) is 0 Å². The summed E-state index contributed by atoms with van der Waals surface area (Å²) in [5.74, 6) is 3.79. The van der Waals surface area contributed by atoms with E-state index >= 15 is 0 Å². The van der Waals surface area contributed by atoms with Crippen molar-refractivity contribution in [3.8, 4) is 0 Å². The minimum Gasteiger partial charge on any atom is -0.375 e. The number of likely N-dealkylation sites (N-methyl/N-ethyl adjacent to an activating group) is 1. The molecule has 0 amide bonds. The Morgan fingerprint density at radius 3 is 1.83 bits per heavy atom. The second kappa shape index (κ2) is 20.9. The molecule has 2 atom stereocenters. The van der Waals surface area contributed by atoms with E-state index in [2.05, 4.69) is 51.3 Å². The van der Waals surface area contributed by atoms with Crippen LogP contribution in [0.15, 0.2) is 0 Å². The van der Waals surface area contributed by atoms with Gasteiger partial charge in [0, 0.05) is 32.7 Å². The van der Waals surface area contributed by atoms with E-state index in [9.17, 15) is 0 Å². The lowest BCUT2D eigenvalue weighted by molar-refractivity contribution is -0.00858. The van der Waals surface area contributed by atoms with Crippen LogP contribution in [0.3, 0.4) is 0 Å². The fourth-order valence-corrected chi connectivity index (χ4v) is 6.07. The van der Waals surface area contributed by atoms with Gasteiger partial charge in [-0.3, -0.25) is 0 Å². The van der Waals surface area contributed by atoms with E-state index in [0.29, 0.717) is 0 Å². The van der Waals surface area contributed by atoms with Gasteiger partial charge in [-0.2, -0.15) is 0 Å². The number of hydrogen-bond donors (Lipinski definition) is 0. The summed E-state index contributed by atoms with van der Waals surface area (Å²) in [4.78, 5) is 5.21. The monoisotopic (exact) mass is 497 g/mol. The highest BCUT2D eigenvalue weighted by Gasteiger charge is 2.38. The quantitative estimate of drug-likeness (QED) is 0.317. The molecule has 3 aliphatic rings. The van der Waals surface area contributed by atoms with E-state index in [1.807, 2.05) is 27.7 Å². The van der Waals surface area contributed by atoms with Crippen LogP contribution in [0.1, 0.15) is 133 Å². The lowest BCUT2D eigenvalue weighted by Gasteiger charge is -2.35. The number of unbranched alkanes of at least 4 members (excludes halogenated alkanes) is 1. The summed E-state index contributed by atoms with van der Waals surface area (Å²) >= 11 is 0. The van der Waals surface area contributed by atoms with Gasteiger partial charge in [-0.05, 0) is 62.3 Å². The number of nitrogens with zero attached hydrogens (tertiary/aromatic N) is 2. The van der Waals surface area contributed by atoms with E-state index in [0.717, 1.165) is 30.3 Å². The van der Waals surface area contributed by atoms with Crippen LogP contribution in [0.4, 0.5) is 0 Å². The molecule has 35 heavy (non-hydrogen) atoms. The van der Waals surface area contributed by atoms with E-state index in [-0.39, 0.29) is 5.60 Å². The van der Waals surface area contributed by atoms with Crippen molar-refractivity contribution in [3.05, 3.63) is 0 Å². The molecule has 0 radical (unpaired) electrons. The maximum atomic E-state index is 6.25. The van der Waals surface area contributed by atoms with Crippen molar-refractivity contribution in [2.75, 3.05) is 45.9 Å². The molecular formula is C32H68N2O. The Balaban J connectivity index is 0.000000652. The molecule has 0 spiro atoms. The van der Waals surface area contributed by atoms with Gasteiger partial charge < -0.3 is 14.5 Å². The van der Waals surface area contributed by atoms with Gasteiger partial charge in [-0.15, -0.1) is 0 Å². The van der Waals surface area contributed by atoms with Crippen molar-refractivity contribution in [2.45, 2.75) is 139 Å². The number of rotatable bonds is 9. The predicted octanol–water partition coefficient (Wildman–Crippen LogP) is 8.91. The first kappa shape index (κ1) is 34.9. The first-order valence-electron chi connectivity index (χ1n) is 16.0. The highest BCUT2D eigenvalue weighted by molar-refractivity contribution is 4.89. The summed E-state index contributed by atoms with van der Waals surface area (Å²) in [6, 6.07) is 0. The number of piperazine rings is 1. The fraction of sp³-hybridized carbons (Fsp3) is 1.00. The van der Waals surface area contributed by atoms with Crippen LogP contribution >= 0.6 is 0 Å². The largest absolute Gasteiger partial charge is 0.375 e. The van der Waals surface area contributed by atoms with E-state index < -0.39 is 0 Å². The van der Waals surface area contributed by atoms with Crippen LogP contribution in [0.25, 0.3) is 0 Å². The molecule has 3 fully saturated rings. The molecule has 212 valence electrons. The Kier molecular flexibility index (Phi) is 20.8. The molecule has 2 unspecified atom stereocenters.